The quantitative estimate of drug-likeness (QED) is 0.0981. The lowest BCUT2D eigenvalue weighted by molar-refractivity contribution is -0.142. The number of Topliss-reactive ketones (excluding diaryl/α,β-unsaturated/α-hetero) is 1. The van der Waals surface area contributed by atoms with Crippen molar-refractivity contribution in [3.8, 4) is 5.06 Å². The molecule has 0 N–H and O–H groups in total. The first-order chi connectivity index (χ1) is 16.2. The Morgan fingerprint density at radius 1 is 0.886 bits per heavy atom. The second-order valence-corrected chi connectivity index (χ2v) is 11.1. The molecule has 0 aliphatic carbocycles. The average Bonchev–Trinajstić information content (AvgIpc) is 3.25. The average molecular weight is 532 g/mol. The minimum Gasteiger partial charge on any atom is -0.484 e. The lowest BCUT2D eigenvalue weighted by atomic mass is 9.93. The molecule has 7 heteroatoms. The number of thiophene rings is 1. The smallest absolute Gasteiger partial charge is 0.313 e. The van der Waals surface area contributed by atoms with Gasteiger partial charge in [-0.05, 0) is 49.4 Å². The number of carbonyl (C=O) groups is 2. The summed E-state index contributed by atoms with van der Waals surface area (Å²) in [5.41, 5.74) is 0. The Kier molecular flexibility index (Phi) is 19.4. The minimum absolute atomic E-state index is 0. The molecule has 1 aromatic rings. The second-order valence-electron chi connectivity index (χ2n) is 10.1. The van der Waals surface area contributed by atoms with Crippen LogP contribution >= 0.6 is 23.7 Å². The van der Waals surface area contributed by atoms with E-state index < -0.39 is 5.97 Å². The van der Waals surface area contributed by atoms with Crippen LogP contribution in [0.15, 0.2) is 12.1 Å². The molecule has 0 saturated heterocycles. The minimum atomic E-state index is -0.462. The summed E-state index contributed by atoms with van der Waals surface area (Å²) in [6.07, 6.45) is 8.68. The Morgan fingerprint density at radius 2 is 1.49 bits per heavy atom. The first kappa shape index (κ1) is 33.9. The van der Waals surface area contributed by atoms with Crippen LogP contribution in [0, 0.1) is 17.8 Å². The van der Waals surface area contributed by atoms with Gasteiger partial charge in [0.05, 0.1) is 11.5 Å². The number of nitrogens with zero attached hydrogens (tertiary/aromatic N) is 1. The predicted octanol–water partition coefficient (Wildman–Crippen LogP) is 7.67. The third-order valence-electron chi connectivity index (χ3n) is 6.45. The first-order valence-electron chi connectivity index (χ1n) is 13.4. The van der Waals surface area contributed by atoms with Crippen LogP contribution in [0.5, 0.6) is 5.06 Å². The molecule has 0 saturated carbocycles. The number of likely N-dealkylation sites (N-methyl/N-ethyl adjacent to an activating group) is 1. The van der Waals surface area contributed by atoms with Crippen LogP contribution in [0.1, 0.15) is 103 Å². The van der Waals surface area contributed by atoms with Crippen molar-refractivity contribution in [2.75, 3.05) is 32.8 Å². The van der Waals surface area contributed by atoms with E-state index in [4.69, 9.17) is 9.47 Å². The number of hydrogen-bond acceptors (Lipinski definition) is 6. The van der Waals surface area contributed by atoms with Crippen molar-refractivity contribution < 1.29 is 19.1 Å². The normalized spacial score (nSPS) is 12.9. The van der Waals surface area contributed by atoms with Gasteiger partial charge in [-0.2, -0.15) is 0 Å². The molecule has 0 amide bonds. The maximum absolute atomic E-state index is 12.4. The highest BCUT2D eigenvalue weighted by Crippen LogP contribution is 2.26. The Bertz CT molecular complexity index is 690. The number of hydrogen-bond donors (Lipinski definition) is 0. The first-order valence-corrected chi connectivity index (χ1v) is 14.2. The van der Waals surface area contributed by atoms with Gasteiger partial charge in [0.2, 0.25) is 0 Å². The molecule has 5 nitrogen and oxygen atoms in total. The number of ether oxygens (including phenoxy) is 2. The van der Waals surface area contributed by atoms with Crippen molar-refractivity contribution >= 4 is 35.5 Å². The zero-order chi connectivity index (χ0) is 25.3. The van der Waals surface area contributed by atoms with Crippen LogP contribution in [-0.2, 0) is 9.53 Å². The molecule has 0 aliphatic heterocycles. The lowest BCUT2D eigenvalue weighted by Gasteiger charge is -2.17. The van der Waals surface area contributed by atoms with Gasteiger partial charge in [-0.1, -0.05) is 91.4 Å². The van der Waals surface area contributed by atoms with Crippen LogP contribution in [0.2, 0.25) is 0 Å². The Morgan fingerprint density at radius 3 is 2.09 bits per heavy atom. The van der Waals surface area contributed by atoms with E-state index in [0.717, 1.165) is 36.4 Å². The Hall–Kier alpha value is -1.11. The Balaban J connectivity index is 0.0000116. The van der Waals surface area contributed by atoms with Crippen LogP contribution in [0.4, 0.5) is 0 Å². The zero-order valence-corrected chi connectivity index (χ0v) is 24.6. The fraction of sp³-hybridized carbons (Fsp3) is 0.786. The molecule has 1 rings (SSSR count). The third-order valence-corrected chi connectivity index (χ3v) is 7.49. The summed E-state index contributed by atoms with van der Waals surface area (Å²) >= 11 is 1.31. The van der Waals surface area contributed by atoms with Gasteiger partial charge < -0.3 is 14.4 Å². The number of ketones is 1. The van der Waals surface area contributed by atoms with Crippen LogP contribution < -0.4 is 4.74 Å². The zero-order valence-electron chi connectivity index (χ0n) is 23.0. The van der Waals surface area contributed by atoms with E-state index in [2.05, 4.69) is 46.4 Å². The number of carbonyl (C=O) groups excluding carboxylic acids is 2. The molecule has 204 valence electrons. The summed E-state index contributed by atoms with van der Waals surface area (Å²) in [7, 11) is 0. The molecule has 2 atom stereocenters. The number of halogens is 1. The molecule has 0 radical (unpaired) electrons. The summed E-state index contributed by atoms with van der Waals surface area (Å²) in [6.45, 7) is 16.9. The SMILES string of the molecule is CCN(CC)CCOC(=O)CC(=O)c1ccc(OCCC(C)CCCC(C)CCCC(C)C)s1.Cl. The van der Waals surface area contributed by atoms with Gasteiger partial charge in [-0.3, -0.25) is 9.59 Å². The van der Waals surface area contributed by atoms with Crippen molar-refractivity contribution in [2.24, 2.45) is 17.8 Å². The van der Waals surface area contributed by atoms with E-state index in [1.165, 1.54) is 49.9 Å². The van der Waals surface area contributed by atoms with Crippen LogP contribution in [-0.4, -0.2) is 49.5 Å². The van der Waals surface area contributed by atoms with Gasteiger partial charge in [0, 0.05) is 6.54 Å². The van der Waals surface area contributed by atoms with Crippen molar-refractivity contribution in [1.82, 2.24) is 4.90 Å². The topological polar surface area (TPSA) is 55.8 Å². The molecule has 1 heterocycles. The molecule has 35 heavy (non-hydrogen) atoms. The van der Waals surface area contributed by atoms with Gasteiger partial charge in [0.1, 0.15) is 13.0 Å². The highest BCUT2D eigenvalue weighted by Gasteiger charge is 2.16. The van der Waals surface area contributed by atoms with Crippen LogP contribution in [0.3, 0.4) is 0 Å². The summed E-state index contributed by atoms with van der Waals surface area (Å²) < 4.78 is 11.1. The van der Waals surface area contributed by atoms with E-state index in [1.807, 2.05) is 6.07 Å². The van der Waals surface area contributed by atoms with Crippen molar-refractivity contribution in [3.63, 3.8) is 0 Å². The summed E-state index contributed by atoms with van der Waals surface area (Å²) in [6, 6.07) is 3.57. The summed E-state index contributed by atoms with van der Waals surface area (Å²) in [5.74, 6) is 1.60. The van der Waals surface area contributed by atoms with E-state index >= 15 is 0 Å². The lowest BCUT2D eigenvalue weighted by Crippen LogP contribution is -2.28. The molecule has 0 aromatic carbocycles. The Labute approximate surface area is 224 Å². The predicted molar refractivity (Wildman–Crippen MR) is 150 cm³/mol. The van der Waals surface area contributed by atoms with Crippen LogP contribution in [0.25, 0.3) is 0 Å². The van der Waals surface area contributed by atoms with Crippen molar-refractivity contribution in [1.29, 1.82) is 0 Å². The molecular formula is C28H50ClNO4S. The van der Waals surface area contributed by atoms with Gasteiger partial charge in [-0.15, -0.1) is 12.4 Å². The molecule has 1 aromatic heterocycles. The van der Waals surface area contributed by atoms with E-state index in [9.17, 15) is 9.59 Å². The number of esters is 1. The van der Waals surface area contributed by atoms with Gasteiger partial charge in [0.25, 0.3) is 0 Å². The summed E-state index contributed by atoms with van der Waals surface area (Å²) in [5, 5.41) is 0.740. The van der Waals surface area contributed by atoms with Crippen molar-refractivity contribution in [3.05, 3.63) is 17.0 Å². The fourth-order valence-electron chi connectivity index (χ4n) is 3.98. The van der Waals surface area contributed by atoms with E-state index in [0.29, 0.717) is 30.6 Å². The van der Waals surface area contributed by atoms with E-state index in [1.54, 1.807) is 6.07 Å². The summed E-state index contributed by atoms with van der Waals surface area (Å²) in [4.78, 5) is 27.1. The monoisotopic (exact) mass is 531 g/mol. The van der Waals surface area contributed by atoms with Gasteiger partial charge in [0.15, 0.2) is 10.8 Å². The molecule has 0 aliphatic rings. The molecule has 0 fully saturated rings. The number of rotatable bonds is 20. The van der Waals surface area contributed by atoms with Crippen molar-refractivity contribution in [2.45, 2.75) is 92.9 Å². The third kappa shape index (κ3) is 16.3. The van der Waals surface area contributed by atoms with Gasteiger partial charge >= 0.3 is 5.97 Å². The fourth-order valence-corrected chi connectivity index (χ4v) is 4.80. The highest BCUT2D eigenvalue weighted by molar-refractivity contribution is 7.15. The largest absolute Gasteiger partial charge is 0.484 e. The maximum atomic E-state index is 12.4. The maximum Gasteiger partial charge on any atom is 0.313 e. The van der Waals surface area contributed by atoms with E-state index in [-0.39, 0.29) is 24.6 Å². The molecular weight excluding hydrogens is 482 g/mol. The highest BCUT2D eigenvalue weighted by atomic mass is 35.5. The molecule has 0 bridgehead atoms. The molecule has 2 unspecified atom stereocenters. The molecule has 0 spiro atoms. The second kappa shape index (κ2) is 20.0. The standard InChI is InChI=1S/C28H49NO4S.ClH/c1-7-29(8-2)18-20-32-27(31)21-25(30)26-15-16-28(34-26)33-19-17-24(6)14-10-13-23(5)12-9-11-22(3)4;/h15-16,22-24H,7-14,17-21H2,1-6H3;1H. The van der Waals surface area contributed by atoms with Gasteiger partial charge in [-0.25, -0.2) is 0 Å².